The first kappa shape index (κ1) is 19.6. The fourth-order valence-corrected chi connectivity index (χ4v) is 3.37. The number of nitrogens with one attached hydrogen (secondary N) is 1. The Kier molecular flexibility index (Phi) is 6.81. The molecule has 28 heavy (non-hydrogen) atoms. The Balaban J connectivity index is 1.53. The first-order valence-electron chi connectivity index (χ1n) is 8.90. The van der Waals surface area contributed by atoms with Crippen LogP contribution in [0.3, 0.4) is 0 Å². The molecule has 0 bridgehead atoms. The summed E-state index contributed by atoms with van der Waals surface area (Å²) in [4.78, 5) is 16.8. The Labute approximate surface area is 168 Å². The van der Waals surface area contributed by atoms with Crippen molar-refractivity contribution in [3.05, 3.63) is 77.8 Å². The number of hydrogen-bond donors (Lipinski definition) is 1. The maximum absolute atomic E-state index is 12.3. The Morgan fingerprint density at radius 3 is 2.54 bits per heavy atom. The average molecular weight is 394 g/mol. The van der Waals surface area contributed by atoms with E-state index in [1.807, 2.05) is 48.5 Å². The van der Waals surface area contributed by atoms with Crippen molar-refractivity contribution < 1.29 is 14.3 Å². The molecule has 0 saturated heterocycles. The molecule has 3 rings (SSSR count). The van der Waals surface area contributed by atoms with Crippen LogP contribution in [0.4, 0.5) is 0 Å². The van der Waals surface area contributed by atoms with Gasteiger partial charge in [-0.25, -0.2) is 4.98 Å². The van der Waals surface area contributed by atoms with E-state index in [-0.39, 0.29) is 5.91 Å². The minimum absolute atomic E-state index is 0.165. The quantitative estimate of drug-likeness (QED) is 0.548. The maximum Gasteiger partial charge on any atom is 0.270 e. The molecule has 0 aliphatic heterocycles. The fourth-order valence-electron chi connectivity index (χ4n) is 2.56. The molecule has 0 radical (unpaired) electrons. The van der Waals surface area contributed by atoms with Crippen LogP contribution in [0.25, 0.3) is 10.6 Å². The van der Waals surface area contributed by atoms with Crippen molar-refractivity contribution in [1.29, 1.82) is 0 Å². The summed E-state index contributed by atoms with van der Waals surface area (Å²) < 4.78 is 10.6. The summed E-state index contributed by atoms with van der Waals surface area (Å²) in [5.41, 5.74) is 2.52. The highest BCUT2D eigenvalue weighted by molar-refractivity contribution is 7.13. The summed E-state index contributed by atoms with van der Waals surface area (Å²) >= 11 is 1.45. The van der Waals surface area contributed by atoms with Gasteiger partial charge in [-0.3, -0.25) is 4.79 Å². The average Bonchev–Trinajstić information content (AvgIpc) is 3.23. The minimum atomic E-state index is -0.165. The molecule has 1 N–H and O–H groups in total. The van der Waals surface area contributed by atoms with Gasteiger partial charge in [0.1, 0.15) is 28.8 Å². The van der Waals surface area contributed by atoms with E-state index in [2.05, 4.69) is 16.9 Å². The molecule has 5 nitrogen and oxygen atoms in total. The minimum Gasteiger partial charge on any atom is -0.497 e. The normalized spacial score (nSPS) is 10.3. The third kappa shape index (κ3) is 5.20. The number of methoxy groups -OCH3 is 1. The van der Waals surface area contributed by atoms with Crippen molar-refractivity contribution in [3.8, 4) is 22.1 Å². The van der Waals surface area contributed by atoms with E-state index in [0.29, 0.717) is 18.8 Å². The van der Waals surface area contributed by atoms with Crippen molar-refractivity contribution in [2.24, 2.45) is 0 Å². The number of amides is 1. The molecule has 6 heteroatoms. The monoisotopic (exact) mass is 394 g/mol. The van der Waals surface area contributed by atoms with Crippen LogP contribution in [-0.4, -0.2) is 31.2 Å². The molecule has 1 aromatic heterocycles. The van der Waals surface area contributed by atoms with E-state index in [9.17, 15) is 4.79 Å². The van der Waals surface area contributed by atoms with Crippen molar-refractivity contribution in [2.45, 2.75) is 6.42 Å². The van der Waals surface area contributed by atoms with Crippen molar-refractivity contribution in [2.75, 3.05) is 20.3 Å². The molecule has 0 atom stereocenters. The smallest absolute Gasteiger partial charge is 0.270 e. The molecule has 0 saturated carbocycles. The van der Waals surface area contributed by atoms with E-state index in [4.69, 9.17) is 9.47 Å². The summed E-state index contributed by atoms with van der Waals surface area (Å²) in [7, 11) is 1.64. The van der Waals surface area contributed by atoms with E-state index < -0.39 is 0 Å². The number of rotatable bonds is 9. The van der Waals surface area contributed by atoms with Gasteiger partial charge < -0.3 is 14.8 Å². The summed E-state index contributed by atoms with van der Waals surface area (Å²) in [5, 5.41) is 5.50. The number of ether oxygens (including phenoxy) is 2. The second-order valence-corrected chi connectivity index (χ2v) is 6.87. The van der Waals surface area contributed by atoms with Gasteiger partial charge in [0.2, 0.25) is 0 Å². The van der Waals surface area contributed by atoms with E-state index >= 15 is 0 Å². The van der Waals surface area contributed by atoms with Crippen molar-refractivity contribution in [3.63, 3.8) is 0 Å². The summed E-state index contributed by atoms with van der Waals surface area (Å²) in [6.45, 7) is 4.65. The van der Waals surface area contributed by atoms with Crippen LogP contribution in [0.1, 0.15) is 16.1 Å². The van der Waals surface area contributed by atoms with Gasteiger partial charge in [-0.15, -0.1) is 11.3 Å². The third-order valence-corrected chi connectivity index (χ3v) is 4.96. The van der Waals surface area contributed by atoms with Gasteiger partial charge in [-0.1, -0.05) is 24.8 Å². The van der Waals surface area contributed by atoms with Gasteiger partial charge in [0.25, 0.3) is 5.91 Å². The standard InChI is InChI=1S/C22H22N2O3S/c1-3-14-27-19-10-6-17(7-11-19)22-24-20(15-28-22)21(25)23-13-12-16-4-8-18(26-2)9-5-16/h3-11,15H,1,12-14H2,2H3,(H,23,25). The largest absolute Gasteiger partial charge is 0.497 e. The lowest BCUT2D eigenvalue weighted by Crippen LogP contribution is -2.25. The van der Waals surface area contributed by atoms with Gasteiger partial charge in [-0.05, 0) is 48.4 Å². The third-order valence-electron chi connectivity index (χ3n) is 4.06. The van der Waals surface area contributed by atoms with Gasteiger partial charge >= 0.3 is 0 Å². The molecule has 1 amide bonds. The zero-order valence-corrected chi connectivity index (χ0v) is 16.5. The van der Waals surface area contributed by atoms with Crippen LogP contribution in [-0.2, 0) is 6.42 Å². The number of aromatic nitrogens is 1. The Morgan fingerprint density at radius 2 is 1.86 bits per heavy atom. The van der Waals surface area contributed by atoms with E-state index in [0.717, 1.165) is 34.1 Å². The molecule has 0 spiro atoms. The number of nitrogens with zero attached hydrogens (tertiary/aromatic N) is 1. The number of hydrogen-bond acceptors (Lipinski definition) is 5. The molecule has 2 aromatic carbocycles. The number of thiazole rings is 1. The Morgan fingerprint density at radius 1 is 1.14 bits per heavy atom. The van der Waals surface area contributed by atoms with Crippen LogP contribution in [0.2, 0.25) is 0 Å². The predicted octanol–water partition coefficient (Wildman–Crippen LogP) is 4.36. The van der Waals surface area contributed by atoms with Crippen LogP contribution >= 0.6 is 11.3 Å². The van der Waals surface area contributed by atoms with Gasteiger partial charge in [0, 0.05) is 17.5 Å². The molecule has 0 aliphatic carbocycles. The SMILES string of the molecule is C=CCOc1ccc(-c2nc(C(=O)NCCc3ccc(OC)cc3)cs2)cc1. The highest BCUT2D eigenvalue weighted by atomic mass is 32.1. The summed E-state index contributed by atoms with van der Waals surface area (Å²) in [6, 6.07) is 15.5. The first-order chi connectivity index (χ1) is 13.7. The van der Waals surface area contributed by atoms with E-state index in [1.165, 1.54) is 11.3 Å². The predicted molar refractivity (Wildman–Crippen MR) is 112 cm³/mol. The molecular formula is C22H22N2O3S. The Hall–Kier alpha value is -3.12. The molecule has 0 fully saturated rings. The van der Waals surface area contributed by atoms with Gasteiger partial charge in [0.15, 0.2) is 0 Å². The molecule has 144 valence electrons. The van der Waals surface area contributed by atoms with Gasteiger partial charge in [-0.2, -0.15) is 0 Å². The van der Waals surface area contributed by atoms with Crippen molar-refractivity contribution >= 4 is 17.2 Å². The molecule has 3 aromatic rings. The van der Waals surface area contributed by atoms with Crippen LogP contribution in [0.5, 0.6) is 11.5 Å². The van der Waals surface area contributed by atoms with Crippen LogP contribution < -0.4 is 14.8 Å². The second-order valence-electron chi connectivity index (χ2n) is 6.02. The molecule has 0 unspecified atom stereocenters. The van der Waals surface area contributed by atoms with Crippen LogP contribution in [0.15, 0.2) is 66.6 Å². The highest BCUT2D eigenvalue weighted by Gasteiger charge is 2.11. The van der Waals surface area contributed by atoms with Crippen molar-refractivity contribution in [1.82, 2.24) is 10.3 Å². The highest BCUT2D eigenvalue weighted by Crippen LogP contribution is 2.25. The number of benzene rings is 2. The maximum atomic E-state index is 12.3. The van der Waals surface area contributed by atoms with E-state index in [1.54, 1.807) is 18.6 Å². The molecule has 0 aliphatic rings. The first-order valence-corrected chi connectivity index (χ1v) is 9.78. The lowest BCUT2D eigenvalue weighted by Gasteiger charge is -2.05. The number of carbonyl (C=O) groups excluding carboxylic acids is 1. The zero-order chi connectivity index (χ0) is 19.8. The molecular weight excluding hydrogens is 372 g/mol. The second kappa shape index (κ2) is 9.71. The molecule has 1 heterocycles. The lowest BCUT2D eigenvalue weighted by atomic mass is 10.1. The lowest BCUT2D eigenvalue weighted by molar-refractivity contribution is 0.0950. The van der Waals surface area contributed by atoms with Crippen LogP contribution in [0, 0.1) is 0 Å². The zero-order valence-electron chi connectivity index (χ0n) is 15.7. The number of carbonyl (C=O) groups is 1. The topological polar surface area (TPSA) is 60.5 Å². The summed E-state index contributed by atoms with van der Waals surface area (Å²) in [6.07, 6.45) is 2.45. The Bertz CT molecular complexity index is 918. The summed E-state index contributed by atoms with van der Waals surface area (Å²) in [5.74, 6) is 1.43. The van der Waals surface area contributed by atoms with Gasteiger partial charge in [0.05, 0.1) is 7.11 Å². The fraction of sp³-hybridized carbons (Fsp3) is 0.182.